The van der Waals surface area contributed by atoms with Crippen LogP contribution in [0.2, 0.25) is 0 Å². The van der Waals surface area contributed by atoms with Gasteiger partial charge in [-0.15, -0.1) is 0 Å². The van der Waals surface area contributed by atoms with Crippen LogP contribution in [-0.2, 0) is 12.8 Å². The van der Waals surface area contributed by atoms with Crippen LogP contribution < -0.4 is 20.1 Å². The van der Waals surface area contributed by atoms with Crippen molar-refractivity contribution in [1.29, 1.82) is 0 Å². The van der Waals surface area contributed by atoms with Gasteiger partial charge >= 0.3 is 6.03 Å². The fourth-order valence-electron chi connectivity index (χ4n) is 2.34. The van der Waals surface area contributed by atoms with Crippen LogP contribution in [0.5, 0.6) is 11.5 Å². The maximum Gasteiger partial charge on any atom is 0.319 e. The number of rotatable bonds is 7. The molecule has 0 spiro atoms. The molecule has 2 N–H and O–H groups in total. The molecule has 0 aliphatic rings. The van der Waals surface area contributed by atoms with Gasteiger partial charge in [-0.25, -0.2) is 4.79 Å². The van der Waals surface area contributed by atoms with Crippen molar-refractivity contribution in [2.75, 3.05) is 26.1 Å². The van der Waals surface area contributed by atoms with Gasteiger partial charge in [-0.2, -0.15) is 0 Å². The van der Waals surface area contributed by atoms with Gasteiger partial charge in [0.05, 0.1) is 19.9 Å². The zero-order valence-electron chi connectivity index (χ0n) is 14.4. The lowest BCUT2D eigenvalue weighted by Crippen LogP contribution is -2.30. The van der Waals surface area contributed by atoms with Crippen molar-refractivity contribution in [3.63, 3.8) is 0 Å². The fraction of sp³-hybridized carbons (Fsp3) is 0.316. The van der Waals surface area contributed by atoms with E-state index >= 15 is 0 Å². The normalized spacial score (nSPS) is 10.1. The standard InChI is InChI=1S/C19H24N2O3/c1-4-14-5-7-15(8-6-14)11-12-20-19(22)21-17-13-16(23-2)9-10-18(17)24-3/h5-10,13H,4,11-12H2,1-3H3,(H2,20,21,22). The number of methoxy groups -OCH3 is 2. The average Bonchev–Trinajstić information content (AvgIpc) is 2.62. The highest BCUT2D eigenvalue weighted by Gasteiger charge is 2.08. The van der Waals surface area contributed by atoms with Gasteiger partial charge in [0, 0.05) is 12.6 Å². The first-order valence-electron chi connectivity index (χ1n) is 8.01. The van der Waals surface area contributed by atoms with Crippen LogP contribution in [0.15, 0.2) is 42.5 Å². The molecule has 2 aromatic carbocycles. The van der Waals surface area contributed by atoms with Gasteiger partial charge in [0.15, 0.2) is 0 Å². The predicted molar refractivity (Wildman–Crippen MR) is 96.1 cm³/mol. The lowest BCUT2D eigenvalue weighted by molar-refractivity contribution is 0.252. The van der Waals surface area contributed by atoms with Gasteiger partial charge in [0.2, 0.25) is 0 Å². The molecule has 0 radical (unpaired) electrons. The lowest BCUT2D eigenvalue weighted by Gasteiger charge is -2.12. The molecule has 0 bridgehead atoms. The number of amides is 2. The second-order valence-corrected chi connectivity index (χ2v) is 5.37. The van der Waals surface area contributed by atoms with E-state index in [1.165, 1.54) is 11.1 Å². The molecule has 5 nitrogen and oxygen atoms in total. The summed E-state index contributed by atoms with van der Waals surface area (Å²) in [5.41, 5.74) is 3.09. The zero-order chi connectivity index (χ0) is 17.4. The number of nitrogens with one attached hydrogen (secondary N) is 2. The van der Waals surface area contributed by atoms with Crippen LogP contribution in [0.3, 0.4) is 0 Å². The Morgan fingerprint density at radius 1 is 1.00 bits per heavy atom. The van der Waals surface area contributed by atoms with Gasteiger partial charge in [0.25, 0.3) is 0 Å². The molecular formula is C19H24N2O3. The second kappa shape index (κ2) is 8.82. The Bertz CT molecular complexity index is 669. The minimum Gasteiger partial charge on any atom is -0.497 e. The van der Waals surface area contributed by atoms with E-state index in [0.717, 1.165) is 12.8 Å². The van der Waals surface area contributed by atoms with Crippen LogP contribution in [0.25, 0.3) is 0 Å². The van der Waals surface area contributed by atoms with Crippen LogP contribution in [0.1, 0.15) is 18.1 Å². The van der Waals surface area contributed by atoms with Crippen LogP contribution in [0, 0.1) is 0 Å². The van der Waals surface area contributed by atoms with E-state index in [1.54, 1.807) is 32.4 Å². The molecule has 2 amide bonds. The summed E-state index contributed by atoms with van der Waals surface area (Å²) in [4.78, 5) is 12.1. The molecule has 0 saturated carbocycles. The summed E-state index contributed by atoms with van der Waals surface area (Å²) >= 11 is 0. The average molecular weight is 328 g/mol. The summed E-state index contributed by atoms with van der Waals surface area (Å²) in [5, 5.41) is 5.64. The van der Waals surface area contributed by atoms with Crippen molar-refractivity contribution in [3.8, 4) is 11.5 Å². The highest BCUT2D eigenvalue weighted by molar-refractivity contribution is 5.91. The Morgan fingerprint density at radius 3 is 2.33 bits per heavy atom. The van der Waals surface area contributed by atoms with E-state index in [2.05, 4.69) is 41.8 Å². The molecule has 0 fully saturated rings. The molecule has 0 unspecified atom stereocenters. The predicted octanol–water partition coefficient (Wildman–Crippen LogP) is 3.63. The summed E-state index contributed by atoms with van der Waals surface area (Å²) in [5.74, 6) is 1.24. The molecule has 5 heteroatoms. The largest absolute Gasteiger partial charge is 0.497 e. The van der Waals surface area contributed by atoms with Crippen molar-refractivity contribution in [1.82, 2.24) is 5.32 Å². The molecule has 0 saturated heterocycles. The first-order chi connectivity index (χ1) is 11.7. The van der Waals surface area contributed by atoms with Crippen molar-refractivity contribution in [2.24, 2.45) is 0 Å². The monoisotopic (exact) mass is 328 g/mol. The number of benzene rings is 2. The Kier molecular flexibility index (Phi) is 6.49. The quantitative estimate of drug-likeness (QED) is 0.816. The number of anilines is 1. The van der Waals surface area contributed by atoms with Crippen molar-refractivity contribution >= 4 is 11.7 Å². The molecule has 2 aromatic rings. The Balaban J connectivity index is 1.86. The first-order valence-corrected chi connectivity index (χ1v) is 8.01. The van der Waals surface area contributed by atoms with E-state index in [-0.39, 0.29) is 6.03 Å². The number of hydrogen-bond acceptors (Lipinski definition) is 3. The van der Waals surface area contributed by atoms with Gasteiger partial charge in [-0.1, -0.05) is 31.2 Å². The van der Waals surface area contributed by atoms with Crippen LogP contribution >= 0.6 is 0 Å². The highest BCUT2D eigenvalue weighted by Crippen LogP contribution is 2.28. The number of hydrogen-bond donors (Lipinski definition) is 2. The van der Waals surface area contributed by atoms with Crippen LogP contribution in [-0.4, -0.2) is 26.8 Å². The van der Waals surface area contributed by atoms with E-state index in [4.69, 9.17) is 9.47 Å². The molecule has 128 valence electrons. The minimum atomic E-state index is -0.272. The third-order valence-corrected chi connectivity index (χ3v) is 3.79. The molecule has 0 aliphatic heterocycles. The Morgan fingerprint density at radius 2 is 1.71 bits per heavy atom. The van der Waals surface area contributed by atoms with Gasteiger partial charge in [-0.05, 0) is 36.1 Å². The number of urea groups is 1. The lowest BCUT2D eigenvalue weighted by atomic mass is 10.1. The third-order valence-electron chi connectivity index (χ3n) is 3.79. The van der Waals surface area contributed by atoms with E-state index in [1.807, 2.05) is 0 Å². The maximum atomic E-state index is 12.1. The SMILES string of the molecule is CCc1ccc(CCNC(=O)Nc2cc(OC)ccc2OC)cc1. The minimum absolute atomic E-state index is 0.272. The Hall–Kier alpha value is -2.69. The van der Waals surface area contributed by atoms with E-state index in [9.17, 15) is 4.79 Å². The summed E-state index contributed by atoms with van der Waals surface area (Å²) in [6.45, 7) is 2.69. The van der Waals surface area contributed by atoms with Crippen molar-refractivity contribution in [3.05, 3.63) is 53.6 Å². The maximum absolute atomic E-state index is 12.1. The van der Waals surface area contributed by atoms with Gasteiger partial charge < -0.3 is 20.1 Å². The second-order valence-electron chi connectivity index (χ2n) is 5.37. The number of aryl methyl sites for hydroxylation is 1. The topological polar surface area (TPSA) is 59.6 Å². The Labute approximate surface area is 143 Å². The van der Waals surface area contributed by atoms with Crippen LogP contribution in [0.4, 0.5) is 10.5 Å². The van der Waals surface area contributed by atoms with E-state index in [0.29, 0.717) is 23.7 Å². The highest BCUT2D eigenvalue weighted by atomic mass is 16.5. The number of carbonyl (C=O) groups is 1. The first kappa shape index (κ1) is 17.7. The third kappa shape index (κ3) is 4.91. The van der Waals surface area contributed by atoms with Gasteiger partial charge in [-0.3, -0.25) is 0 Å². The smallest absolute Gasteiger partial charge is 0.319 e. The molecule has 24 heavy (non-hydrogen) atoms. The van der Waals surface area contributed by atoms with Gasteiger partial charge in [0.1, 0.15) is 11.5 Å². The molecule has 0 heterocycles. The summed E-state index contributed by atoms with van der Waals surface area (Å²) in [6.07, 6.45) is 1.82. The summed E-state index contributed by atoms with van der Waals surface area (Å²) in [7, 11) is 3.14. The van der Waals surface area contributed by atoms with Crippen molar-refractivity contribution < 1.29 is 14.3 Å². The summed E-state index contributed by atoms with van der Waals surface area (Å²) in [6, 6.07) is 13.4. The molecule has 0 atom stereocenters. The number of ether oxygens (including phenoxy) is 2. The summed E-state index contributed by atoms with van der Waals surface area (Å²) < 4.78 is 10.4. The molecule has 2 rings (SSSR count). The fourth-order valence-corrected chi connectivity index (χ4v) is 2.34. The molecular weight excluding hydrogens is 304 g/mol. The van der Waals surface area contributed by atoms with E-state index < -0.39 is 0 Å². The molecule has 0 aliphatic carbocycles. The zero-order valence-corrected chi connectivity index (χ0v) is 14.4. The number of carbonyl (C=O) groups excluding carboxylic acids is 1. The van der Waals surface area contributed by atoms with Crippen molar-refractivity contribution in [2.45, 2.75) is 19.8 Å². The molecule has 0 aromatic heterocycles.